The molecule has 1 N–H and O–H groups in total. The van der Waals surface area contributed by atoms with E-state index in [4.69, 9.17) is 9.47 Å². The summed E-state index contributed by atoms with van der Waals surface area (Å²) in [6.45, 7) is 6.66. The Bertz CT molecular complexity index is 1110. The van der Waals surface area contributed by atoms with E-state index in [1.807, 2.05) is 0 Å². The SMILES string of the molecule is CCOC(=O)Cc1cc(Oc2ccc(NC(=O)C(C)(C)C)cc2CSCC(F)(F)F)cc(C(F)(F)F)c1. The van der Waals surface area contributed by atoms with Crippen LogP contribution in [-0.2, 0) is 32.7 Å². The first kappa shape index (κ1) is 30.3. The van der Waals surface area contributed by atoms with Gasteiger partial charge in [-0.3, -0.25) is 9.59 Å². The highest BCUT2D eigenvalue weighted by Gasteiger charge is 2.32. The van der Waals surface area contributed by atoms with Crippen LogP contribution in [0.4, 0.5) is 32.0 Å². The van der Waals surface area contributed by atoms with E-state index in [0.717, 1.165) is 12.1 Å². The zero-order valence-electron chi connectivity index (χ0n) is 20.6. The van der Waals surface area contributed by atoms with E-state index in [9.17, 15) is 35.9 Å². The van der Waals surface area contributed by atoms with Crippen molar-refractivity contribution >= 4 is 29.3 Å². The molecule has 2 aromatic rings. The van der Waals surface area contributed by atoms with Crippen LogP contribution in [0.2, 0.25) is 0 Å². The maximum Gasteiger partial charge on any atom is 0.416 e. The largest absolute Gasteiger partial charge is 0.466 e. The Kier molecular flexibility index (Phi) is 9.92. The topological polar surface area (TPSA) is 64.6 Å². The van der Waals surface area contributed by atoms with Crippen molar-refractivity contribution in [3.63, 3.8) is 0 Å². The summed E-state index contributed by atoms with van der Waals surface area (Å²) in [5.74, 6) is -2.67. The number of nitrogens with one attached hydrogen (secondary N) is 1. The summed E-state index contributed by atoms with van der Waals surface area (Å²) in [7, 11) is 0. The van der Waals surface area contributed by atoms with Crippen molar-refractivity contribution in [1.82, 2.24) is 0 Å². The first-order valence-corrected chi connectivity index (χ1v) is 12.3. The molecular weight excluding hydrogens is 524 g/mol. The zero-order chi connectivity index (χ0) is 28.0. The first-order chi connectivity index (χ1) is 17.0. The standard InChI is InChI=1S/C25H27F6NO4S/c1-5-35-21(33)10-15-8-17(25(29,30)31)12-19(9-15)36-20-7-6-18(32-22(34)23(2,3)4)11-16(20)13-37-14-24(26,27)28/h6-9,11-12H,5,10,13-14H2,1-4H3,(H,32,34). The Labute approximate surface area is 214 Å². The number of alkyl halides is 6. The highest BCUT2D eigenvalue weighted by molar-refractivity contribution is 7.98. The Balaban J connectivity index is 2.43. The molecule has 5 nitrogen and oxygen atoms in total. The van der Waals surface area contributed by atoms with Gasteiger partial charge < -0.3 is 14.8 Å². The molecule has 0 unspecified atom stereocenters. The lowest BCUT2D eigenvalue weighted by atomic mass is 9.95. The number of carbonyl (C=O) groups is 2. The molecule has 0 aromatic heterocycles. The Hall–Kier alpha value is -2.89. The van der Waals surface area contributed by atoms with Gasteiger partial charge in [0.05, 0.1) is 24.3 Å². The molecule has 1 amide bonds. The van der Waals surface area contributed by atoms with Crippen LogP contribution in [-0.4, -0.2) is 30.4 Å². The van der Waals surface area contributed by atoms with Crippen molar-refractivity contribution in [1.29, 1.82) is 0 Å². The van der Waals surface area contributed by atoms with Crippen molar-refractivity contribution in [2.75, 3.05) is 17.7 Å². The summed E-state index contributed by atoms with van der Waals surface area (Å²) in [6.07, 6.45) is -9.60. The van der Waals surface area contributed by atoms with E-state index >= 15 is 0 Å². The van der Waals surface area contributed by atoms with E-state index in [1.54, 1.807) is 27.7 Å². The van der Waals surface area contributed by atoms with Crippen LogP contribution in [0, 0.1) is 5.41 Å². The van der Waals surface area contributed by atoms with Gasteiger partial charge in [-0.25, -0.2) is 0 Å². The lowest BCUT2D eigenvalue weighted by Gasteiger charge is -2.19. The van der Waals surface area contributed by atoms with E-state index in [2.05, 4.69) is 5.32 Å². The fraction of sp³-hybridized carbons (Fsp3) is 0.440. The Morgan fingerprint density at radius 2 is 1.65 bits per heavy atom. The lowest BCUT2D eigenvalue weighted by molar-refractivity contribution is -0.142. The number of halogens is 6. The minimum atomic E-state index is -4.74. The number of esters is 1. The molecule has 0 spiro atoms. The van der Waals surface area contributed by atoms with Gasteiger partial charge in [0.2, 0.25) is 5.91 Å². The second kappa shape index (κ2) is 12.1. The van der Waals surface area contributed by atoms with Gasteiger partial charge in [0.1, 0.15) is 11.5 Å². The Morgan fingerprint density at radius 3 is 2.22 bits per heavy atom. The molecule has 0 heterocycles. The molecule has 12 heteroatoms. The molecule has 2 aromatic carbocycles. The van der Waals surface area contributed by atoms with Crippen LogP contribution in [0.5, 0.6) is 11.5 Å². The molecule has 0 bridgehead atoms. The average Bonchev–Trinajstić information content (AvgIpc) is 2.73. The van der Waals surface area contributed by atoms with Gasteiger partial charge >= 0.3 is 18.3 Å². The lowest BCUT2D eigenvalue weighted by Crippen LogP contribution is -2.27. The summed E-state index contributed by atoms with van der Waals surface area (Å²) in [6, 6.07) is 6.96. The van der Waals surface area contributed by atoms with Gasteiger partial charge in [-0.2, -0.15) is 26.3 Å². The second-order valence-electron chi connectivity index (χ2n) is 9.08. The van der Waals surface area contributed by atoms with Crippen LogP contribution in [0.25, 0.3) is 0 Å². The predicted molar refractivity (Wildman–Crippen MR) is 129 cm³/mol. The van der Waals surface area contributed by atoms with Crippen molar-refractivity contribution in [2.45, 2.75) is 52.2 Å². The summed E-state index contributed by atoms with van der Waals surface area (Å²) in [5, 5.41) is 2.67. The maximum atomic E-state index is 13.5. The summed E-state index contributed by atoms with van der Waals surface area (Å²) < 4.78 is 89.0. The highest BCUT2D eigenvalue weighted by atomic mass is 32.2. The van der Waals surface area contributed by atoms with E-state index in [1.165, 1.54) is 24.3 Å². The van der Waals surface area contributed by atoms with Crippen molar-refractivity contribution in [3.05, 3.63) is 53.1 Å². The third-order valence-corrected chi connectivity index (χ3v) is 5.74. The van der Waals surface area contributed by atoms with E-state index in [-0.39, 0.29) is 40.9 Å². The number of rotatable bonds is 9. The number of thioether (sulfide) groups is 1. The van der Waals surface area contributed by atoms with Gasteiger partial charge in [0, 0.05) is 22.4 Å². The molecule has 0 aliphatic carbocycles. The van der Waals surface area contributed by atoms with Crippen LogP contribution in [0.3, 0.4) is 0 Å². The summed E-state index contributed by atoms with van der Waals surface area (Å²) in [4.78, 5) is 24.1. The second-order valence-corrected chi connectivity index (χ2v) is 10.1. The molecule has 37 heavy (non-hydrogen) atoms. The van der Waals surface area contributed by atoms with Crippen molar-refractivity contribution in [2.24, 2.45) is 5.41 Å². The molecule has 0 aliphatic rings. The highest BCUT2D eigenvalue weighted by Crippen LogP contribution is 2.37. The van der Waals surface area contributed by atoms with Crippen LogP contribution in [0.1, 0.15) is 44.4 Å². The van der Waals surface area contributed by atoms with Crippen LogP contribution in [0.15, 0.2) is 36.4 Å². The minimum absolute atomic E-state index is 0.00448. The normalized spacial score (nSPS) is 12.3. The first-order valence-electron chi connectivity index (χ1n) is 11.1. The number of amides is 1. The molecule has 0 atom stereocenters. The number of ether oxygens (including phenoxy) is 2. The van der Waals surface area contributed by atoms with Crippen LogP contribution >= 0.6 is 11.8 Å². The van der Waals surface area contributed by atoms with Crippen molar-refractivity contribution < 1.29 is 45.4 Å². The predicted octanol–water partition coefficient (Wildman–Crippen LogP) is 7.38. The van der Waals surface area contributed by atoms with Gasteiger partial charge in [-0.1, -0.05) is 20.8 Å². The molecule has 0 radical (unpaired) electrons. The van der Waals surface area contributed by atoms with Crippen LogP contribution < -0.4 is 10.1 Å². The fourth-order valence-corrected chi connectivity index (χ4v) is 3.73. The third-order valence-electron chi connectivity index (χ3n) is 4.70. The molecule has 0 saturated heterocycles. The third kappa shape index (κ3) is 10.2. The Morgan fingerprint density at radius 1 is 0.973 bits per heavy atom. The molecule has 2 rings (SSSR count). The molecular formula is C25H27F6NO4S. The molecule has 204 valence electrons. The molecule has 0 aliphatic heterocycles. The van der Waals surface area contributed by atoms with Crippen molar-refractivity contribution in [3.8, 4) is 11.5 Å². The monoisotopic (exact) mass is 551 g/mol. The maximum absolute atomic E-state index is 13.5. The van der Waals surface area contributed by atoms with Gasteiger partial charge in [0.15, 0.2) is 0 Å². The average molecular weight is 552 g/mol. The quantitative estimate of drug-likeness (QED) is 0.260. The summed E-state index contributed by atoms with van der Waals surface area (Å²) >= 11 is 0.537. The smallest absolute Gasteiger partial charge is 0.416 e. The van der Waals surface area contributed by atoms with E-state index < -0.39 is 41.5 Å². The van der Waals surface area contributed by atoms with Gasteiger partial charge in [0.25, 0.3) is 0 Å². The molecule has 0 fully saturated rings. The number of hydrogen-bond acceptors (Lipinski definition) is 5. The number of carbonyl (C=O) groups excluding carboxylic acids is 2. The minimum Gasteiger partial charge on any atom is -0.466 e. The summed E-state index contributed by atoms with van der Waals surface area (Å²) in [5.41, 5.74) is -1.29. The van der Waals surface area contributed by atoms with Gasteiger partial charge in [-0.15, -0.1) is 11.8 Å². The number of benzene rings is 2. The number of anilines is 1. The van der Waals surface area contributed by atoms with E-state index in [0.29, 0.717) is 17.4 Å². The zero-order valence-corrected chi connectivity index (χ0v) is 21.4. The van der Waals surface area contributed by atoms with Gasteiger partial charge in [-0.05, 0) is 48.9 Å². The number of hydrogen-bond donors (Lipinski definition) is 1. The molecule has 0 saturated carbocycles. The fourth-order valence-electron chi connectivity index (χ4n) is 2.96.